The lowest BCUT2D eigenvalue weighted by atomic mass is 10.00. The van der Waals surface area contributed by atoms with Gasteiger partial charge in [-0.3, -0.25) is 4.98 Å². The molecule has 0 saturated carbocycles. The summed E-state index contributed by atoms with van der Waals surface area (Å²) in [6.07, 6.45) is 8.79. The summed E-state index contributed by atoms with van der Waals surface area (Å²) in [6, 6.07) is 15.3. The summed E-state index contributed by atoms with van der Waals surface area (Å²) >= 11 is 0. The van der Waals surface area contributed by atoms with Crippen LogP contribution in [0.25, 0.3) is 0 Å². The van der Waals surface area contributed by atoms with Gasteiger partial charge in [0.1, 0.15) is 0 Å². The van der Waals surface area contributed by atoms with E-state index in [1.165, 1.54) is 36.8 Å². The summed E-state index contributed by atoms with van der Waals surface area (Å²) in [5, 5.41) is 3.67. The van der Waals surface area contributed by atoms with Crippen molar-refractivity contribution in [3.63, 3.8) is 0 Å². The normalized spacial score (nSPS) is 12.2. The van der Waals surface area contributed by atoms with Crippen LogP contribution in [0.15, 0.2) is 54.9 Å². The van der Waals surface area contributed by atoms with Crippen LogP contribution in [0.4, 0.5) is 0 Å². The number of unbranched alkanes of at least 4 members (excludes halogenated alkanes) is 2. The van der Waals surface area contributed by atoms with Crippen molar-refractivity contribution in [3.8, 4) is 0 Å². The number of hydrogen-bond acceptors (Lipinski definition) is 2. The second-order valence-electron chi connectivity index (χ2n) is 5.20. The van der Waals surface area contributed by atoms with Crippen LogP contribution in [-0.2, 0) is 6.54 Å². The third-order valence-electron chi connectivity index (χ3n) is 3.57. The average molecular weight is 268 g/mol. The summed E-state index contributed by atoms with van der Waals surface area (Å²) in [7, 11) is 0. The molecule has 1 aromatic heterocycles. The van der Waals surface area contributed by atoms with Crippen molar-refractivity contribution < 1.29 is 0 Å². The molecule has 2 nitrogen and oxygen atoms in total. The van der Waals surface area contributed by atoms with E-state index in [-0.39, 0.29) is 0 Å². The molecule has 0 unspecified atom stereocenters. The highest BCUT2D eigenvalue weighted by Gasteiger charge is 2.10. The molecule has 0 radical (unpaired) electrons. The summed E-state index contributed by atoms with van der Waals surface area (Å²) in [6.45, 7) is 3.13. The van der Waals surface area contributed by atoms with Crippen LogP contribution in [0.1, 0.15) is 49.8 Å². The highest BCUT2D eigenvalue weighted by atomic mass is 14.9. The van der Waals surface area contributed by atoms with Crippen LogP contribution in [0, 0.1) is 0 Å². The van der Waals surface area contributed by atoms with Gasteiger partial charge in [0, 0.05) is 25.0 Å². The highest BCUT2D eigenvalue weighted by molar-refractivity contribution is 5.19. The number of nitrogens with one attached hydrogen (secondary N) is 1. The zero-order chi connectivity index (χ0) is 14.0. The number of pyridine rings is 1. The predicted molar refractivity (Wildman–Crippen MR) is 84.4 cm³/mol. The van der Waals surface area contributed by atoms with Gasteiger partial charge in [0.2, 0.25) is 0 Å². The molecule has 20 heavy (non-hydrogen) atoms. The molecule has 0 bridgehead atoms. The Kier molecular flexibility index (Phi) is 6.25. The molecule has 0 fully saturated rings. The first-order valence-electron chi connectivity index (χ1n) is 7.57. The molecule has 0 saturated heterocycles. The van der Waals surface area contributed by atoms with Crippen LogP contribution in [-0.4, -0.2) is 4.98 Å². The molecule has 1 aromatic carbocycles. The largest absolute Gasteiger partial charge is 0.306 e. The van der Waals surface area contributed by atoms with Gasteiger partial charge in [-0.1, -0.05) is 62.6 Å². The number of benzene rings is 1. The minimum absolute atomic E-state index is 0.433. The number of nitrogens with zero attached hydrogens (tertiary/aromatic N) is 1. The molecule has 106 valence electrons. The van der Waals surface area contributed by atoms with E-state index in [4.69, 9.17) is 0 Å². The van der Waals surface area contributed by atoms with Gasteiger partial charge in [0.25, 0.3) is 0 Å². The predicted octanol–water partition coefficient (Wildman–Crippen LogP) is 4.49. The Morgan fingerprint density at radius 1 is 1.05 bits per heavy atom. The van der Waals surface area contributed by atoms with E-state index in [1.807, 2.05) is 18.5 Å². The van der Waals surface area contributed by atoms with E-state index < -0.39 is 0 Å². The fourth-order valence-corrected chi connectivity index (χ4v) is 2.41. The van der Waals surface area contributed by atoms with E-state index in [9.17, 15) is 0 Å². The zero-order valence-corrected chi connectivity index (χ0v) is 12.3. The van der Waals surface area contributed by atoms with E-state index in [2.05, 4.69) is 53.6 Å². The number of hydrogen-bond donors (Lipinski definition) is 1. The van der Waals surface area contributed by atoms with Crippen LogP contribution in [0.2, 0.25) is 0 Å². The van der Waals surface area contributed by atoms with Gasteiger partial charge in [-0.15, -0.1) is 0 Å². The van der Waals surface area contributed by atoms with Gasteiger partial charge < -0.3 is 5.32 Å². The quantitative estimate of drug-likeness (QED) is 0.713. The van der Waals surface area contributed by atoms with Gasteiger partial charge in [-0.2, -0.15) is 0 Å². The Morgan fingerprint density at radius 3 is 2.60 bits per heavy atom. The molecule has 0 aliphatic heterocycles. The van der Waals surface area contributed by atoms with Gasteiger partial charge in [0.15, 0.2) is 0 Å². The molecule has 2 heteroatoms. The van der Waals surface area contributed by atoms with Crippen LogP contribution >= 0.6 is 0 Å². The second-order valence-corrected chi connectivity index (χ2v) is 5.20. The minimum Gasteiger partial charge on any atom is -0.306 e. The highest BCUT2D eigenvalue weighted by Crippen LogP contribution is 2.20. The monoisotopic (exact) mass is 268 g/mol. The maximum Gasteiger partial charge on any atom is 0.0323 e. The lowest BCUT2D eigenvalue weighted by Gasteiger charge is -2.19. The lowest BCUT2D eigenvalue weighted by Crippen LogP contribution is -2.21. The average Bonchev–Trinajstić information content (AvgIpc) is 2.52. The molecule has 1 N–H and O–H groups in total. The summed E-state index contributed by atoms with van der Waals surface area (Å²) in [5.41, 5.74) is 2.62. The smallest absolute Gasteiger partial charge is 0.0323 e. The number of rotatable bonds is 8. The van der Waals surface area contributed by atoms with Crippen molar-refractivity contribution in [1.82, 2.24) is 10.3 Å². The summed E-state index contributed by atoms with van der Waals surface area (Å²) < 4.78 is 0. The SMILES string of the molecule is CCCCC[C@H](NCc1cccnc1)c1ccccc1. The zero-order valence-electron chi connectivity index (χ0n) is 12.3. The van der Waals surface area contributed by atoms with Crippen LogP contribution in [0.3, 0.4) is 0 Å². The molecule has 1 atom stereocenters. The molecular formula is C18H24N2. The van der Waals surface area contributed by atoms with Gasteiger partial charge in [-0.05, 0) is 23.6 Å². The fourth-order valence-electron chi connectivity index (χ4n) is 2.41. The Labute approximate surface area is 122 Å². The Balaban J connectivity index is 1.95. The van der Waals surface area contributed by atoms with Gasteiger partial charge in [0.05, 0.1) is 0 Å². The Morgan fingerprint density at radius 2 is 1.90 bits per heavy atom. The molecule has 0 spiro atoms. The van der Waals surface area contributed by atoms with Crippen molar-refractivity contribution in [2.75, 3.05) is 0 Å². The molecule has 0 aliphatic carbocycles. The van der Waals surface area contributed by atoms with E-state index in [0.717, 1.165) is 6.54 Å². The van der Waals surface area contributed by atoms with E-state index in [1.54, 1.807) is 0 Å². The number of aromatic nitrogens is 1. The van der Waals surface area contributed by atoms with Crippen LogP contribution in [0.5, 0.6) is 0 Å². The molecule has 1 heterocycles. The molecular weight excluding hydrogens is 244 g/mol. The van der Waals surface area contributed by atoms with Gasteiger partial charge >= 0.3 is 0 Å². The maximum absolute atomic E-state index is 4.17. The lowest BCUT2D eigenvalue weighted by molar-refractivity contribution is 0.473. The maximum atomic E-state index is 4.17. The molecule has 2 rings (SSSR count). The van der Waals surface area contributed by atoms with E-state index in [0.29, 0.717) is 6.04 Å². The minimum atomic E-state index is 0.433. The molecule has 0 aliphatic rings. The van der Waals surface area contributed by atoms with Crippen LogP contribution < -0.4 is 5.32 Å². The topological polar surface area (TPSA) is 24.9 Å². The first-order chi connectivity index (χ1) is 9.90. The second kappa shape index (κ2) is 8.49. The van der Waals surface area contributed by atoms with Crippen molar-refractivity contribution in [2.24, 2.45) is 0 Å². The Bertz CT molecular complexity index is 467. The van der Waals surface area contributed by atoms with Crippen molar-refractivity contribution in [2.45, 2.75) is 45.2 Å². The third-order valence-corrected chi connectivity index (χ3v) is 3.57. The van der Waals surface area contributed by atoms with E-state index >= 15 is 0 Å². The molecule has 2 aromatic rings. The standard InChI is InChI=1S/C18H24N2/c1-2-3-5-12-18(17-10-6-4-7-11-17)20-15-16-9-8-13-19-14-16/h4,6-11,13-14,18,20H,2-3,5,12,15H2,1H3/t18-/m0/s1. The van der Waals surface area contributed by atoms with Crippen molar-refractivity contribution in [3.05, 3.63) is 66.0 Å². The first kappa shape index (κ1) is 14.7. The summed E-state index contributed by atoms with van der Waals surface area (Å²) in [4.78, 5) is 4.17. The fraction of sp³-hybridized carbons (Fsp3) is 0.389. The van der Waals surface area contributed by atoms with Gasteiger partial charge in [-0.25, -0.2) is 0 Å². The molecule has 0 amide bonds. The third kappa shape index (κ3) is 4.78. The van der Waals surface area contributed by atoms with Crippen molar-refractivity contribution in [1.29, 1.82) is 0 Å². The summed E-state index contributed by atoms with van der Waals surface area (Å²) in [5.74, 6) is 0. The first-order valence-corrected chi connectivity index (χ1v) is 7.57. The van der Waals surface area contributed by atoms with Crippen molar-refractivity contribution >= 4 is 0 Å². The Hall–Kier alpha value is -1.67.